The molecule has 3 heterocycles. The van der Waals surface area contributed by atoms with Gasteiger partial charge >= 0.3 is 0 Å². The molecule has 1 aliphatic rings. The Kier molecular flexibility index (Phi) is 5.87. The number of piperidine rings is 1. The Hall–Kier alpha value is -2.00. The molecule has 0 spiro atoms. The number of nitrogens with one attached hydrogen (secondary N) is 1. The third-order valence-corrected chi connectivity index (χ3v) is 5.46. The number of amides is 1. The highest BCUT2D eigenvalue weighted by Crippen LogP contribution is 2.29. The highest BCUT2D eigenvalue weighted by molar-refractivity contribution is 7.15. The Morgan fingerprint density at radius 3 is 2.77 bits per heavy atom. The Morgan fingerprint density at radius 1 is 1.35 bits per heavy atom. The van der Waals surface area contributed by atoms with Gasteiger partial charge in [0.25, 0.3) is 0 Å². The van der Waals surface area contributed by atoms with Crippen LogP contribution in [0.2, 0.25) is 0 Å². The number of thiazole rings is 1. The van der Waals surface area contributed by atoms with Gasteiger partial charge in [-0.15, -0.1) is 0 Å². The molecule has 1 unspecified atom stereocenters. The van der Waals surface area contributed by atoms with Gasteiger partial charge in [-0.2, -0.15) is 9.37 Å². The van der Waals surface area contributed by atoms with Crippen LogP contribution in [0.5, 0.6) is 0 Å². The van der Waals surface area contributed by atoms with E-state index >= 15 is 0 Å². The Bertz CT molecular complexity index is 767. The number of anilines is 1. The topological polar surface area (TPSA) is 71.0 Å². The van der Waals surface area contributed by atoms with E-state index in [2.05, 4.69) is 32.1 Å². The molecule has 2 aromatic heterocycles. The summed E-state index contributed by atoms with van der Waals surface area (Å²) in [5.41, 5.74) is 0. The molecule has 6 nitrogen and oxygen atoms in total. The summed E-state index contributed by atoms with van der Waals surface area (Å²) in [5, 5.41) is 2.81. The Morgan fingerprint density at radius 2 is 2.08 bits per heavy atom. The first kappa shape index (κ1) is 18.8. The summed E-state index contributed by atoms with van der Waals surface area (Å²) in [6.45, 7) is 4.73. The fraction of sp³-hybridized carbons (Fsp3) is 0.529. The van der Waals surface area contributed by atoms with Crippen LogP contribution in [0.3, 0.4) is 0 Å². The number of rotatable bonds is 5. The molecule has 2 atom stereocenters. The smallest absolute Gasteiger partial charge is 0.230 e. The lowest BCUT2D eigenvalue weighted by Crippen LogP contribution is -2.41. The second-order valence-electron chi connectivity index (χ2n) is 6.66. The fourth-order valence-corrected chi connectivity index (χ4v) is 4.09. The van der Waals surface area contributed by atoms with E-state index in [0.29, 0.717) is 35.6 Å². The van der Waals surface area contributed by atoms with Gasteiger partial charge in [0.15, 0.2) is 10.9 Å². The van der Waals surface area contributed by atoms with Gasteiger partial charge in [-0.1, -0.05) is 11.3 Å². The molecule has 26 heavy (non-hydrogen) atoms. The molecule has 140 valence electrons. The van der Waals surface area contributed by atoms with Crippen LogP contribution in [0.15, 0.2) is 12.4 Å². The first-order chi connectivity index (χ1) is 12.4. The molecular formula is C17H21F2N5OS. The second-order valence-corrected chi connectivity index (χ2v) is 7.74. The van der Waals surface area contributed by atoms with E-state index in [1.54, 1.807) is 0 Å². The molecule has 2 aromatic rings. The third-order valence-electron chi connectivity index (χ3n) is 4.53. The Labute approximate surface area is 154 Å². The third kappa shape index (κ3) is 4.79. The zero-order valence-electron chi connectivity index (χ0n) is 14.7. The predicted molar refractivity (Wildman–Crippen MR) is 94.7 cm³/mol. The van der Waals surface area contributed by atoms with Gasteiger partial charge in [0.1, 0.15) is 5.82 Å². The zero-order chi connectivity index (χ0) is 18.7. The molecule has 1 saturated heterocycles. The summed E-state index contributed by atoms with van der Waals surface area (Å²) < 4.78 is 27.0. The zero-order valence-corrected chi connectivity index (χ0v) is 15.5. The second kappa shape index (κ2) is 8.13. The summed E-state index contributed by atoms with van der Waals surface area (Å²) in [6.07, 6.45) is 5.06. The first-order valence-corrected chi connectivity index (χ1v) is 9.35. The highest BCUT2D eigenvalue weighted by atomic mass is 32.1. The monoisotopic (exact) mass is 381 g/mol. The number of likely N-dealkylation sites (tertiary alicyclic amines) is 1. The van der Waals surface area contributed by atoms with E-state index in [0.717, 1.165) is 30.7 Å². The minimum Gasteiger partial charge on any atom is -0.302 e. The number of carbonyl (C=O) groups is 1. The van der Waals surface area contributed by atoms with Gasteiger partial charge in [-0.3, -0.25) is 9.69 Å². The van der Waals surface area contributed by atoms with Gasteiger partial charge in [-0.05, 0) is 25.7 Å². The standard InChI is InChI=1S/C17H21F2N5OS/c1-10-3-4-12(5-15-20-6-13(18)7-21-15)8-24(10)9-14-16(19)23-17(26-14)22-11(2)25/h6-7,10,12H,3-5,8-9H2,1-2H3,(H,22,23,25)/t10-,12?/m0/s1. The first-order valence-electron chi connectivity index (χ1n) is 8.54. The average Bonchev–Trinajstić information content (AvgIpc) is 2.91. The van der Waals surface area contributed by atoms with Crippen LogP contribution in [0.25, 0.3) is 0 Å². The molecule has 0 radical (unpaired) electrons. The quantitative estimate of drug-likeness (QED) is 0.862. The largest absolute Gasteiger partial charge is 0.302 e. The maximum absolute atomic E-state index is 14.1. The molecule has 1 amide bonds. The number of hydrogen-bond acceptors (Lipinski definition) is 6. The van der Waals surface area contributed by atoms with E-state index < -0.39 is 11.8 Å². The molecule has 0 bridgehead atoms. The predicted octanol–water partition coefficient (Wildman–Crippen LogP) is 3.01. The van der Waals surface area contributed by atoms with E-state index in [1.165, 1.54) is 19.3 Å². The van der Waals surface area contributed by atoms with Crippen LogP contribution in [-0.2, 0) is 17.8 Å². The van der Waals surface area contributed by atoms with E-state index in [1.807, 2.05) is 0 Å². The Balaban J connectivity index is 1.64. The van der Waals surface area contributed by atoms with Crippen molar-refractivity contribution >= 4 is 22.4 Å². The van der Waals surface area contributed by atoms with Crippen molar-refractivity contribution in [3.05, 3.63) is 34.9 Å². The van der Waals surface area contributed by atoms with E-state index in [-0.39, 0.29) is 11.0 Å². The molecule has 0 aliphatic carbocycles. The van der Waals surface area contributed by atoms with Crippen molar-refractivity contribution in [2.45, 2.75) is 45.7 Å². The van der Waals surface area contributed by atoms with Crippen molar-refractivity contribution in [1.29, 1.82) is 0 Å². The maximum atomic E-state index is 14.1. The molecule has 1 N–H and O–H groups in total. The van der Waals surface area contributed by atoms with E-state index in [9.17, 15) is 13.6 Å². The normalized spacial score (nSPS) is 20.9. The molecule has 1 aliphatic heterocycles. The van der Waals surface area contributed by atoms with Crippen molar-refractivity contribution in [3.63, 3.8) is 0 Å². The minimum atomic E-state index is -0.532. The summed E-state index contributed by atoms with van der Waals surface area (Å²) in [5.74, 6) is -0.278. The van der Waals surface area contributed by atoms with Crippen molar-refractivity contribution in [3.8, 4) is 0 Å². The molecule has 9 heteroatoms. The fourth-order valence-electron chi connectivity index (χ4n) is 3.17. The van der Waals surface area contributed by atoms with Crippen LogP contribution in [0.1, 0.15) is 37.4 Å². The molecule has 0 saturated carbocycles. The number of hydrogen-bond donors (Lipinski definition) is 1. The number of halogens is 2. The van der Waals surface area contributed by atoms with Crippen LogP contribution in [0.4, 0.5) is 13.9 Å². The van der Waals surface area contributed by atoms with E-state index in [4.69, 9.17) is 0 Å². The molecule has 1 fully saturated rings. The highest BCUT2D eigenvalue weighted by Gasteiger charge is 2.28. The summed E-state index contributed by atoms with van der Waals surface area (Å²) in [6, 6.07) is 0.325. The van der Waals surface area contributed by atoms with Crippen LogP contribution >= 0.6 is 11.3 Å². The lowest BCUT2D eigenvalue weighted by atomic mass is 9.90. The van der Waals surface area contributed by atoms with Crippen LogP contribution in [0, 0.1) is 17.7 Å². The summed E-state index contributed by atoms with van der Waals surface area (Å²) in [7, 11) is 0. The summed E-state index contributed by atoms with van der Waals surface area (Å²) >= 11 is 1.16. The van der Waals surface area contributed by atoms with Gasteiger partial charge in [-0.25, -0.2) is 14.4 Å². The number of nitrogens with zero attached hydrogens (tertiary/aromatic N) is 4. The number of carbonyl (C=O) groups excluding carboxylic acids is 1. The van der Waals surface area contributed by atoms with Crippen molar-refractivity contribution in [2.75, 3.05) is 11.9 Å². The maximum Gasteiger partial charge on any atom is 0.230 e. The van der Waals surface area contributed by atoms with Gasteiger partial charge < -0.3 is 5.32 Å². The lowest BCUT2D eigenvalue weighted by molar-refractivity contribution is -0.114. The van der Waals surface area contributed by atoms with Gasteiger partial charge in [0.05, 0.1) is 17.3 Å². The van der Waals surface area contributed by atoms with Crippen LogP contribution < -0.4 is 5.32 Å². The van der Waals surface area contributed by atoms with Crippen molar-refractivity contribution < 1.29 is 13.6 Å². The summed E-state index contributed by atoms with van der Waals surface area (Å²) in [4.78, 5) is 25.7. The lowest BCUT2D eigenvalue weighted by Gasteiger charge is -2.37. The minimum absolute atomic E-state index is 0.268. The number of aromatic nitrogens is 3. The molecule has 3 rings (SSSR count). The van der Waals surface area contributed by atoms with Crippen molar-refractivity contribution in [1.82, 2.24) is 19.9 Å². The molecular weight excluding hydrogens is 360 g/mol. The van der Waals surface area contributed by atoms with Crippen LogP contribution in [-0.4, -0.2) is 38.3 Å². The average molecular weight is 381 g/mol. The van der Waals surface area contributed by atoms with Gasteiger partial charge in [0.2, 0.25) is 11.9 Å². The van der Waals surface area contributed by atoms with Crippen molar-refractivity contribution in [2.24, 2.45) is 5.92 Å². The SMILES string of the molecule is CC(=O)Nc1nc(F)c(CN2CC(Cc3ncc(F)cn3)CC[C@@H]2C)s1. The van der Waals surface area contributed by atoms with Gasteiger partial charge in [0, 0.05) is 32.5 Å². The molecule has 0 aromatic carbocycles.